The smallest absolute Gasteiger partial charge is 0.227 e. The maximum atomic E-state index is 12.5. The molecule has 1 amide bonds. The van der Waals surface area contributed by atoms with Crippen LogP contribution in [0.1, 0.15) is 50.7 Å². The first kappa shape index (κ1) is 17.4. The third-order valence-corrected chi connectivity index (χ3v) is 5.51. The lowest BCUT2D eigenvalue weighted by atomic mass is 9.85. The van der Waals surface area contributed by atoms with E-state index in [0.29, 0.717) is 5.25 Å². The molecule has 3 N–H and O–H groups in total. The highest BCUT2D eigenvalue weighted by molar-refractivity contribution is 7.99. The number of hydrogen-bond donors (Lipinski definition) is 2. The van der Waals surface area contributed by atoms with Crippen LogP contribution in [-0.2, 0) is 10.5 Å². The van der Waals surface area contributed by atoms with E-state index in [4.69, 9.17) is 5.73 Å². The molecule has 0 saturated heterocycles. The number of anilines is 1. The van der Waals surface area contributed by atoms with Gasteiger partial charge in [-0.2, -0.15) is 11.8 Å². The van der Waals surface area contributed by atoms with Gasteiger partial charge in [-0.1, -0.05) is 32.4 Å². The van der Waals surface area contributed by atoms with Crippen LogP contribution in [0.25, 0.3) is 0 Å². The van der Waals surface area contributed by atoms with Crippen LogP contribution in [0, 0.1) is 12.8 Å². The highest BCUT2D eigenvalue weighted by atomic mass is 32.2. The third kappa shape index (κ3) is 4.75. The highest BCUT2D eigenvalue weighted by Crippen LogP contribution is 2.28. The molecule has 2 atom stereocenters. The highest BCUT2D eigenvalue weighted by Gasteiger charge is 2.25. The standard InChI is InChI=1S/C18H28N2OS/c1-12(2)22-11-15-7-5-9-17(13(15)3)20-18(21)14-6-4-8-16(19)10-14/h5,7,9,12,14,16H,4,6,8,10-11,19H2,1-3H3,(H,20,21). The number of carbonyl (C=O) groups excluding carboxylic acids is 1. The Morgan fingerprint density at radius 1 is 1.41 bits per heavy atom. The van der Waals surface area contributed by atoms with Gasteiger partial charge in [-0.05, 0) is 48.6 Å². The Balaban J connectivity index is 2.02. The molecule has 0 heterocycles. The number of amides is 1. The summed E-state index contributed by atoms with van der Waals surface area (Å²) in [5.74, 6) is 1.19. The minimum absolute atomic E-state index is 0.0665. The van der Waals surface area contributed by atoms with E-state index < -0.39 is 0 Å². The van der Waals surface area contributed by atoms with E-state index in [2.05, 4.69) is 32.2 Å². The zero-order chi connectivity index (χ0) is 16.1. The van der Waals surface area contributed by atoms with Crippen molar-refractivity contribution in [3.8, 4) is 0 Å². The van der Waals surface area contributed by atoms with Gasteiger partial charge >= 0.3 is 0 Å². The van der Waals surface area contributed by atoms with Gasteiger partial charge in [0.25, 0.3) is 0 Å². The van der Waals surface area contributed by atoms with Crippen LogP contribution in [-0.4, -0.2) is 17.2 Å². The summed E-state index contributed by atoms with van der Waals surface area (Å²) < 4.78 is 0. The van der Waals surface area contributed by atoms with E-state index in [1.807, 2.05) is 23.9 Å². The van der Waals surface area contributed by atoms with Gasteiger partial charge in [0, 0.05) is 23.4 Å². The lowest BCUT2D eigenvalue weighted by Crippen LogP contribution is -2.34. The number of carbonyl (C=O) groups is 1. The number of rotatable bonds is 5. The topological polar surface area (TPSA) is 55.1 Å². The van der Waals surface area contributed by atoms with Crippen molar-refractivity contribution in [3.63, 3.8) is 0 Å². The molecule has 1 aliphatic carbocycles. The van der Waals surface area contributed by atoms with Crippen molar-refractivity contribution in [2.24, 2.45) is 11.7 Å². The van der Waals surface area contributed by atoms with Crippen LogP contribution < -0.4 is 11.1 Å². The maximum absolute atomic E-state index is 12.5. The Labute approximate surface area is 138 Å². The van der Waals surface area contributed by atoms with Crippen molar-refractivity contribution in [2.75, 3.05) is 5.32 Å². The van der Waals surface area contributed by atoms with E-state index >= 15 is 0 Å². The van der Waals surface area contributed by atoms with Gasteiger partial charge in [-0.25, -0.2) is 0 Å². The van der Waals surface area contributed by atoms with Crippen LogP contribution in [0.2, 0.25) is 0 Å². The Morgan fingerprint density at radius 3 is 2.86 bits per heavy atom. The van der Waals surface area contributed by atoms with Gasteiger partial charge < -0.3 is 11.1 Å². The zero-order valence-electron chi connectivity index (χ0n) is 13.9. The van der Waals surface area contributed by atoms with Crippen molar-refractivity contribution in [3.05, 3.63) is 29.3 Å². The Hall–Kier alpha value is -1.00. The second-order valence-electron chi connectivity index (χ2n) is 6.56. The molecule has 2 unspecified atom stereocenters. The van der Waals surface area contributed by atoms with E-state index in [0.717, 1.165) is 37.1 Å². The Morgan fingerprint density at radius 2 is 2.18 bits per heavy atom. The van der Waals surface area contributed by atoms with E-state index in [1.165, 1.54) is 11.1 Å². The molecule has 0 radical (unpaired) electrons. The van der Waals surface area contributed by atoms with Crippen molar-refractivity contribution >= 4 is 23.4 Å². The molecule has 4 heteroatoms. The van der Waals surface area contributed by atoms with Gasteiger partial charge in [0.15, 0.2) is 0 Å². The molecule has 3 nitrogen and oxygen atoms in total. The number of nitrogens with two attached hydrogens (primary N) is 1. The van der Waals surface area contributed by atoms with Crippen molar-refractivity contribution < 1.29 is 4.79 Å². The molecule has 1 aliphatic rings. The first-order valence-corrected chi connectivity index (χ1v) is 9.28. The third-order valence-electron chi connectivity index (χ3n) is 4.36. The average molecular weight is 321 g/mol. The van der Waals surface area contributed by atoms with E-state index in [9.17, 15) is 4.79 Å². The minimum Gasteiger partial charge on any atom is -0.328 e. The summed E-state index contributed by atoms with van der Waals surface area (Å²) in [6, 6.07) is 6.36. The fraction of sp³-hybridized carbons (Fsp3) is 0.611. The molecular formula is C18H28N2OS. The number of thioether (sulfide) groups is 1. The van der Waals surface area contributed by atoms with Gasteiger partial charge in [-0.3, -0.25) is 4.79 Å². The second-order valence-corrected chi connectivity index (χ2v) is 8.13. The molecule has 0 aliphatic heterocycles. The Kier molecular flexibility index (Phi) is 6.33. The Bertz CT molecular complexity index is 516. The molecule has 1 fully saturated rings. The summed E-state index contributed by atoms with van der Waals surface area (Å²) in [5.41, 5.74) is 9.43. The minimum atomic E-state index is 0.0665. The molecular weight excluding hydrogens is 292 g/mol. The number of hydrogen-bond acceptors (Lipinski definition) is 3. The fourth-order valence-corrected chi connectivity index (χ4v) is 3.76. The lowest BCUT2D eigenvalue weighted by Gasteiger charge is -2.26. The van der Waals surface area contributed by atoms with Gasteiger partial charge in [0.2, 0.25) is 5.91 Å². The van der Waals surface area contributed by atoms with Crippen molar-refractivity contribution in [1.82, 2.24) is 0 Å². The molecule has 122 valence electrons. The predicted molar refractivity (Wildman–Crippen MR) is 96.2 cm³/mol. The van der Waals surface area contributed by atoms with Crippen LogP contribution in [0.5, 0.6) is 0 Å². The molecule has 22 heavy (non-hydrogen) atoms. The average Bonchev–Trinajstić information content (AvgIpc) is 2.48. The van der Waals surface area contributed by atoms with Gasteiger partial charge in [0.1, 0.15) is 0 Å². The lowest BCUT2D eigenvalue weighted by molar-refractivity contribution is -0.120. The number of benzene rings is 1. The largest absolute Gasteiger partial charge is 0.328 e. The van der Waals surface area contributed by atoms with Crippen LogP contribution in [0.15, 0.2) is 18.2 Å². The van der Waals surface area contributed by atoms with Crippen LogP contribution >= 0.6 is 11.8 Å². The molecule has 1 aromatic rings. The summed E-state index contributed by atoms with van der Waals surface area (Å²) in [6.07, 6.45) is 3.88. The number of nitrogens with one attached hydrogen (secondary N) is 1. The van der Waals surface area contributed by atoms with Gasteiger partial charge in [-0.15, -0.1) is 0 Å². The summed E-state index contributed by atoms with van der Waals surface area (Å²) >= 11 is 1.93. The van der Waals surface area contributed by atoms with Crippen molar-refractivity contribution in [2.45, 2.75) is 63.5 Å². The van der Waals surface area contributed by atoms with Crippen LogP contribution in [0.3, 0.4) is 0 Å². The summed E-state index contributed by atoms with van der Waals surface area (Å²) in [5, 5.41) is 3.74. The SMILES string of the molecule is Cc1c(CSC(C)C)cccc1NC(=O)C1CCCC(N)C1. The second kappa shape index (κ2) is 8.02. The fourth-order valence-electron chi connectivity index (χ4n) is 2.93. The molecule has 0 spiro atoms. The van der Waals surface area contributed by atoms with Crippen LogP contribution in [0.4, 0.5) is 5.69 Å². The normalized spacial score (nSPS) is 21.9. The molecule has 1 aromatic carbocycles. The summed E-state index contributed by atoms with van der Waals surface area (Å²) in [7, 11) is 0. The first-order valence-electron chi connectivity index (χ1n) is 8.24. The maximum Gasteiger partial charge on any atom is 0.227 e. The molecule has 2 rings (SSSR count). The quantitative estimate of drug-likeness (QED) is 0.859. The molecule has 0 bridgehead atoms. The molecule has 1 saturated carbocycles. The summed E-state index contributed by atoms with van der Waals surface area (Å²) in [6.45, 7) is 6.51. The van der Waals surface area contributed by atoms with E-state index in [1.54, 1.807) is 0 Å². The first-order chi connectivity index (χ1) is 10.5. The monoisotopic (exact) mass is 320 g/mol. The predicted octanol–water partition coefficient (Wildman–Crippen LogP) is 4.09. The van der Waals surface area contributed by atoms with Gasteiger partial charge in [0.05, 0.1) is 0 Å². The summed E-state index contributed by atoms with van der Waals surface area (Å²) in [4.78, 5) is 12.5. The molecule has 0 aromatic heterocycles. The zero-order valence-corrected chi connectivity index (χ0v) is 14.7. The van der Waals surface area contributed by atoms with Crippen molar-refractivity contribution in [1.29, 1.82) is 0 Å². The van der Waals surface area contributed by atoms with E-state index in [-0.39, 0.29) is 17.9 Å².